The normalized spacial score (nSPS) is 26.2. The summed E-state index contributed by atoms with van der Waals surface area (Å²) in [6, 6.07) is 10.5. The number of hydrogen-bond donors (Lipinski definition) is 0. The quantitative estimate of drug-likeness (QED) is 0.667. The molecule has 2 unspecified atom stereocenters. The molecule has 0 aliphatic heterocycles. The zero-order valence-electron chi connectivity index (χ0n) is 9.07. The Kier molecular flexibility index (Phi) is 2.05. The Hall–Kier alpha value is -1.24. The SMILES string of the molecule is CC1CCCC1c1cc2ccccc2o1. The molecular formula is C14H16O. The van der Waals surface area contributed by atoms with Gasteiger partial charge < -0.3 is 4.42 Å². The molecule has 1 aliphatic rings. The van der Waals surface area contributed by atoms with Crippen LogP contribution in [0, 0.1) is 5.92 Å². The van der Waals surface area contributed by atoms with E-state index in [9.17, 15) is 0 Å². The number of rotatable bonds is 1. The van der Waals surface area contributed by atoms with E-state index in [0.29, 0.717) is 5.92 Å². The first kappa shape index (κ1) is 9.02. The molecule has 1 aromatic carbocycles. The molecule has 1 heterocycles. The fourth-order valence-electron chi connectivity index (χ4n) is 2.75. The largest absolute Gasteiger partial charge is 0.461 e. The third-order valence-corrected chi connectivity index (χ3v) is 3.67. The summed E-state index contributed by atoms with van der Waals surface area (Å²) in [4.78, 5) is 0. The first-order chi connectivity index (χ1) is 7.34. The van der Waals surface area contributed by atoms with E-state index in [0.717, 1.165) is 11.5 Å². The summed E-state index contributed by atoms with van der Waals surface area (Å²) in [5, 5.41) is 1.24. The van der Waals surface area contributed by atoms with Crippen molar-refractivity contribution in [2.45, 2.75) is 32.1 Å². The maximum atomic E-state index is 5.92. The molecule has 0 bridgehead atoms. The van der Waals surface area contributed by atoms with Crippen LogP contribution in [0.1, 0.15) is 37.9 Å². The van der Waals surface area contributed by atoms with Gasteiger partial charge in [0.25, 0.3) is 0 Å². The number of benzene rings is 1. The van der Waals surface area contributed by atoms with Crippen molar-refractivity contribution in [3.05, 3.63) is 36.1 Å². The van der Waals surface area contributed by atoms with Crippen molar-refractivity contribution in [3.63, 3.8) is 0 Å². The summed E-state index contributed by atoms with van der Waals surface area (Å²) in [5.41, 5.74) is 1.03. The monoisotopic (exact) mass is 200 g/mol. The van der Waals surface area contributed by atoms with Gasteiger partial charge in [-0.25, -0.2) is 0 Å². The number of hydrogen-bond acceptors (Lipinski definition) is 1. The lowest BCUT2D eigenvalue weighted by molar-refractivity contribution is 0.432. The third-order valence-electron chi connectivity index (χ3n) is 3.67. The van der Waals surface area contributed by atoms with Gasteiger partial charge >= 0.3 is 0 Å². The van der Waals surface area contributed by atoms with Crippen molar-refractivity contribution < 1.29 is 4.42 Å². The van der Waals surface area contributed by atoms with Crippen molar-refractivity contribution in [2.75, 3.05) is 0 Å². The second-order valence-corrected chi connectivity index (χ2v) is 4.70. The molecule has 1 heteroatoms. The molecular weight excluding hydrogens is 184 g/mol. The lowest BCUT2D eigenvalue weighted by atomic mass is 9.95. The molecule has 0 spiro atoms. The molecule has 1 aliphatic carbocycles. The van der Waals surface area contributed by atoms with Gasteiger partial charge in [0.05, 0.1) is 0 Å². The summed E-state index contributed by atoms with van der Waals surface area (Å²) in [6.07, 6.45) is 3.99. The molecule has 1 saturated carbocycles. The van der Waals surface area contributed by atoms with E-state index < -0.39 is 0 Å². The van der Waals surface area contributed by atoms with Crippen LogP contribution >= 0.6 is 0 Å². The summed E-state index contributed by atoms with van der Waals surface area (Å²) in [5.74, 6) is 2.63. The fourth-order valence-corrected chi connectivity index (χ4v) is 2.75. The molecule has 1 aromatic heterocycles. The first-order valence-corrected chi connectivity index (χ1v) is 5.83. The minimum atomic E-state index is 0.650. The van der Waals surface area contributed by atoms with Crippen molar-refractivity contribution >= 4 is 11.0 Å². The lowest BCUT2D eigenvalue weighted by Gasteiger charge is -2.11. The van der Waals surface area contributed by atoms with Crippen molar-refractivity contribution in [2.24, 2.45) is 5.92 Å². The minimum Gasteiger partial charge on any atom is -0.461 e. The summed E-state index contributed by atoms with van der Waals surface area (Å²) < 4.78 is 5.92. The molecule has 78 valence electrons. The highest BCUT2D eigenvalue weighted by Crippen LogP contribution is 2.40. The van der Waals surface area contributed by atoms with Crippen LogP contribution in [-0.4, -0.2) is 0 Å². The van der Waals surface area contributed by atoms with Gasteiger partial charge in [0.2, 0.25) is 0 Å². The standard InChI is InChI=1S/C14H16O/c1-10-5-4-7-12(10)14-9-11-6-2-3-8-13(11)15-14/h2-3,6,8-10,12H,4-5,7H2,1H3. The summed E-state index contributed by atoms with van der Waals surface area (Å²) >= 11 is 0. The summed E-state index contributed by atoms with van der Waals surface area (Å²) in [6.45, 7) is 2.34. The van der Waals surface area contributed by atoms with Crippen LogP contribution in [0.2, 0.25) is 0 Å². The second-order valence-electron chi connectivity index (χ2n) is 4.70. The van der Waals surface area contributed by atoms with Crippen LogP contribution in [0.3, 0.4) is 0 Å². The number of para-hydroxylation sites is 1. The van der Waals surface area contributed by atoms with Crippen LogP contribution < -0.4 is 0 Å². The Labute approximate surface area is 90.1 Å². The van der Waals surface area contributed by atoms with E-state index in [2.05, 4.69) is 31.2 Å². The van der Waals surface area contributed by atoms with Crippen LogP contribution in [0.25, 0.3) is 11.0 Å². The van der Waals surface area contributed by atoms with E-state index in [1.807, 2.05) is 6.07 Å². The molecule has 2 aromatic rings. The van der Waals surface area contributed by atoms with Gasteiger partial charge in [0.1, 0.15) is 11.3 Å². The Bertz CT molecular complexity index is 436. The van der Waals surface area contributed by atoms with Crippen molar-refractivity contribution in [1.82, 2.24) is 0 Å². The average molecular weight is 200 g/mol. The second kappa shape index (κ2) is 3.41. The van der Waals surface area contributed by atoms with Gasteiger partial charge in [-0.15, -0.1) is 0 Å². The van der Waals surface area contributed by atoms with Crippen molar-refractivity contribution in [1.29, 1.82) is 0 Å². The van der Waals surface area contributed by atoms with Gasteiger partial charge in [0.15, 0.2) is 0 Å². The predicted octanol–water partition coefficient (Wildman–Crippen LogP) is 4.34. The molecule has 0 amide bonds. The molecule has 0 N–H and O–H groups in total. The molecule has 3 rings (SSSR count). The molecule has 0 saturated heterocycles. The zero-order valence-corrected chi connectivity index (χ0v) is 9.07. The van der Waals surface area contributed by atoms with Crippen LogP contribution in [0.15, 0.2) is 34.7 Å². The Morgan fingerprint density at radius 2 is 2.07 bits per heavy atom. The molecule has 1 nitrogen and oxygen atoms in total. The molecule has 15 heavy (non-hydrogen) atoms. The Balaban J connectivity index is 2.04. The lowest BCUT2D eigenvalue weighted by Crippen LogP contribution is -1.99. The maximum Gasteiger partial charge on any atom is 0.134 e. The Morgan fingerprint density at radius 3 is 2.80 bits per heavy atom. The number of fused-ring (bicyclic) bond motifs is 1. The van der Waals surface area contributed by atoms with E-state index in [1.165, 1.54) is 30.4 Å². The third kappa shape index (κ3) is 1.46. The highest BCUT2D eigenvalue weighted by atomic mass is 16.3. The molecule has 2 atom stereocenters. The minimum absolute atomic E-state index is 0.650. The number of furan rings is 1. The van der Waals surface area contributed by atoms with Gasteiger partial charge in [-0.1, -0.05) is 31.5 Å². The van der Waals surface area contributed by atoms with E-state index in [-0.39, 0.29) is 0 Å². The summed E-state index contributed by atoms with van der Waals surface area (Å²) in [7, 11) is 0. The fraction of sp³-hybridized carbons (Fsp3) is 0.429. The molecule has 1 fully saturated rings. The van der Waals surface area contributed by atoms with E-state index in [4.69, 9.17) is 4.42 Å². The average Bonchev–Trinajstić information content (AvgIpc) is 2.82. The first-order valence-electron chi connectivity index (χ1n) is 5.83. The van der Waals surface area contributed by atoms with Gasteiger partial charge in [-0.2, -0.15) is 0 Å². The van der Waals surface area contributed by atoms with E-state index >= 15 is 0 Å². The topological polar surface area (TPSA) is 13.1 Å². The maximum absolute atomic E-state index is 5.92. The highest BCUT2D eigenvalue weighted by molar-refractivity contribution is 5.77. The molecule has 0 radical (unpaired) electrons. The smallest absolute Gasteiger partial charge is 0.134 e. The zero-order chi connectivity index (χ0) is 10.3. The van der Waals surface area contributed by atoms with Crippen LogP contribution in [0.4, 0.5) is 0 Å². The van der Waals surface area contributed by atoms with Gasteiger partial charge in [0, 0.05) is 11.3 Å². The van der Waals surface area contributed by atoms with Gasteiger partial charge in [-0.3, -0.25) is 0 Å². The van der Waals surface area contributed by atoms with Crippen molar-refractivity contribution in [3.8, 4) is 0 Å². The predicted molar refractivity (Wildman–Crippen MR) is 62.0 cm³/mol. The van der Waals surface area contributed by atoms with Crippen LogP contribution in [0.5, 0.6) is 0 Å². The highest BCUT2D eigenvalue weighted by Gasteiger charge is 2.27. The van der Waals surface area contributed by atoms with E-state index in [1.54, 1.807) is 0 Å². The van der Waals surface area contributed by atoms with Crippen LogP contribution in [-0.2, 0) is 0 Å². The van der Waals surface area contributed by atoms with Gasteiger partial charge in [-0.05, 0) is 30.9 Å². The Morgan fingerprint density at radius 1 is 1.20 bits per heavy atom.